The number of nitrogens with zero attached hydrogens (tertiary/aromatic N) is 1. The van der Waals surface area contributed by atoms with Gasteiger partial charge in [-0.25, -0.2) is 0 Å². The number of fused-ring (bicyclic) bond motifs is 1. The highest BCUT2D eigenvalue weighted by Gasteiger charge is 2.25. The van der Waals surface area contributed by atoms with Crippen molar-refractivity contribution in [1.29, 1.82) is 0 Å². The van der Waals surface area contributed by atoms with E-state index < -0.39 is 10.7 Å². The molecule has 2 aromatic carbocycles. The Hall–Kier alpha value is -2.95. The Balaban J connectivity index is 2.18. The van der Waals surface area contributed by atoms with Crippen molar-refractivity contribution in [2.45, 2.75) is 6.92 Å². The monoisotopic (exact) mass is 281 g/mol. The van der Waals surface area contributed by atoms with E-state index in [0.717, 1.165) is 5.39 Å². The zero-order chi connectivity index (χ0) is 15.0. The van der Waals surface area contributed by atoms with Crippen molar-refractivity contribution < 1.29 is 14.1 Å². The second-order valence-electron chi connectivity index (χ2n) is 4.66. The smallest absolute Gasteiger partial charge is 0.280 e. The minimum atomic E-state index is -0.564. The molecule has 5 heteroatoms. The molecule has 0 bridgehead atoms. The number of benzene rings is 2. The summed E-state index contributed by atoms with van der Waals surface area (Å²) in [6.07, 6.45) is 0. The third-order valence-electron chi connectivity index (χ3n) is 3.40. The molecule has 0 saturated heterocycles. The van der Waals surface area contributed by atoms with Gasteiger partial charge < -0.3 is 4.42 Å². The first-order chi connectivity index (χ1) is 10.1. The van der Waals surface area contributed by atoms with Gasteiger partial charge in [-0.3, -0.25) is 14.9 Å². The van der Waals surface area contributed by atoms with Crippen molar-refractivity contribution >= 4 is 22.4 Å². The molecule has 0 unspecified atom stereocenters. The van der Waals surface area contributed by atoms with Gasteiger partial charge in [0.15, 0.2) is 5.76 Å². The molecule has 0 amide bonds. The average molecular weight is 281 g/mol. The Morgan fingerprint density at radius 3 is 2.48 bits per heavy atom. The lowest BCUT2D eigenvalue weighted by Gasteiger charge is -2.00. The number of nitro benzene ring substituents is 1. The molecule has 21 heavy (non-hydrogen) atoms. The van der Waals surface area contributed by atoms with Crippen molar-refractivity contribution in [3.63, 3.8) is 0 Å². The second-order valence-corrected chi connectivity index (χ2v) is 4.66. The summed E-state index contributed by atoms with van der Waals surface area (Å²) < 4.78 is 5.58. The number of aryl methyl sites for hydroxylation is 1. The molecule has 0 saturated carbocycles. The van der Waals surface area contributed by atoms with Crippen LogP contribution in [-0.2, 0) is 0 Å². The Morgan fingerprint density at radius 2 is 1.76 bits per heavy atom. The van der Waals surface area contributed by atoms with E-state index in [1.807, 2.05) is 18.2 Å². The SMILES string of the molecule is Cc1c(C(=O)c2ccccc2[N+](=O)[O-])oc2ccccc12. The van der Waals surface area contributed by atoms with Gasteiger partial charge in [-0.2, -0.15) is 0 Å². The molecule has 0 aliphatic carbocycles. The van der Waals surface area contributed by atoms with Crippen LogP contribution in [0.2, 0.25) is 0 Å². The third kappa shape index (κ3) is 2.08. The van der Waals surface area contributed by atoms with Crippen LogP contribution in [0.4, 0.5) is 5.69 Å². The predicted molar refractivity (Wildman–Crippen MR) is 77.5 cm³/mol. The predicted octanol–water partition coefficient (Wildman–Crippen LogP) is 3.88. The van der Waals surface area contributed by atoms with Gasteiger partial charge >= 0.3 is 0 Å². The molecule has 0 spiro atoms. The van der Waals surface area contributed by atoms with Crippen LogP contribution in [0.25, 0.3) is 11.0 Å². The highest BCUT2D eigenvalue weighted by Crippen LogP contribution is 2.29. The van der Waals surface area contributed by atoms with Crippen LogP contribution in [0.1, 0.15) is 21.7 Å². The largest absolute Gasteiger partial charge is 0.452 e. The topological polar surface area (TPSA) is 73.3 Å². The molecular weight excluding hydrogens is 270 g/mol. The first-order valence-corrected chi connectivity index (χ1v) is 6.36. The third-order valence-corrected chi connectivity index (χ3v) is 3.40. The molecule has 104 valence electrons. The molecule has 3 aromatic rings. The van der Waals surface area contributed by atoms with Gasteiger partial charge in [0.25, 0.3) is 5.69 Å². The molecule has 0 radical (unpaired) electrons. The molecule has 0 aliphatic heterocycles. The molecule has 0 aliphatic rings. The van der Waals surface area contributed by atoms with Gasteiger partial charge in [0.05, 0.1) is 4.92 Å². The highest BCUT2D eigenvalue weighted by atomic mass is 16.6. The van der Waals surface area contributed by atoms with E-state index in [-0.39, 0.29) is 17.0 Å². The minimum absolute atomic E-state index is 0.0321. The van der Waals surface area contributed by atoms with Crippen molar-refractivity contribution in [2.24, 2.45) is 0 Å². The Morgan fingerprint density at radius 1 is 1.10 bits per heavy atom. The number of hydrogen-bond acceptors (Lipinski definition) is 4. The zero-order valence-corrected chi connectivity index (χ0v) is 11.2. The van der Waals surface area contributed by atoms with Gasteiger partial charge in [0.2, 0.25) is 5.78 Å². The molecule has 0 N–H and O–H groups in total. The van der Waals surface area contributed by atoms with E-state index in [1.165, 1.54) is 18.2 Å². The Labute approximate surface area is 120 Å². The van der Waals surface area contributed by atoms with Gasteiger partial charge in [-0.05, 0) is 19.1 Å². The number of furan rings is 1. The average Bonchev–Trinajstić information content (AvgIpc) is 2.84. The molecule has 5 nitrogen and oxygen atoms in total. The molecule has 0 atom stereocenters. The highest BCUT2D eigenvalue weighted by molar-refractivity contribution is 6.12. The van der Waals surface area contributed by atoms with E-state index in [4.69, 9.17) is 4.42 Å². The second kappa shape index (κ2) is 4.86. The number of carbonyl (C=O) groups is 1. The summed E-state index contributed by atoms with van der Waals surface area (Å²) in [6, 6.07) is 13.1. The van der Waals surface area contributed by atoms with Gasteiger partial charge in [-0.1, -0.05) is 30.3 Å². The van der Waals surface area contributed by atoms with Crippen LogP contribution < -0.4 is 0 Å². The molecule has 1 aromatic heterocycles. The standard InChI is InChI=1S/C16H11NO4/c1-10-11-6-3-5-9-14(11)21-16(10)15(18)12-7-2-4-8-13(12)17(19)20/h2-9H,1H3. The normalized spacial score (nSPS) is 10.7. The van der Waals surface area contributed by atoms with Crippen molar-refractivity contribution in [3.8, 4) is 0 Å². The number of nitro groups is 1. The maximum absolute atomic E-state index is 12.6. The first kappa shape index (κ1) is 13.1. The molecular formula is C16H11NO4. The summed E-state index contributed by atoms with van der Waals surface area (Å²) in [7, 11) is 0. The summed E-state index contributed by atoms with van der Waals surface area (Å²) in [5.74, 6) is -0.332. The Bertz CT molecular complexity index is 864. The van der Waals surface area contributed by atoms with Crippen LogP contribution in [0.5, 0.6) is 0 Å². The number of carbonyl (C=O) groups excluding carboxylic acids is 1. The van der Waals surface area contributed by atoms with E-state index in [2.05, 4.69) is 0 Å². The molecule has 3 rings (SSSR count). The summed E-state index contributed by atoms with van der Waals surface area (Å²) in [5.41, 5.74) is 1.10. The maximum atomic E-state index is 12.6. The van der Waals surface area contributed by atoms with E-state index in [9.17, 15) is 14.9 Å². The summed E-state index contributed by atoms with van der Waals surface area (Å²) in [6.45, 7) is 1.77. The lowest BCUT2D eigenvalue weighted by Crippen LogP contribution is -2.05. The van der Waals surface area contributed by atoms with Crippen molar-refractivity contribution in [1.82, 2.24) is 0 Å². The summed E-state index contributed by atoms with van der Waals surface area (Å²) in [5, 5.41) is 11.9. The molecule has 1 heterocycles. The van der Waals surface area contributed by atoms with Crippen LogP contribution in [0.15, 0.2) is 52.9 Å². The van der Waals surface area contributed by atoms with Gasteiger partial charge in [0, 0.05) is 17.0 Å². The van der Waals surface area contributed by atoms with Gasteiger partial charge in [0.1, 0.15) is 11.1 Å². The van der Waals surface area contributed by atoms with Crippen LogP contribution >= 0.6 is 0 Å². The summed E-state index contributed by atoms with van der Waals surface area (Å²) in [4.78, 5) is 23.0. The lowest BCUT2D eigenvalue weighted by molar-refractivity contribution is -0.385. The fraction of sp³-hybridized carbons (Fsp3) is 0.0625. The van der Waals surface area contributed by atoms with Crippen molar-refractivity contribution in [3.05, 3.63) is 75.5 Å². The Kier molecular flexibility index (Phi) is 3.02. The number of rotatable bonds is 3. The quantitative estimate of drug-likeness (QED) is 0.415. The van der Waals surface area contributed by atoms with Crippen LogP contribution in [0.3, 0.4) is 0 Å². The number of ketones is 1. The molecule has 0 fully saturated rings. The fourth-order valence-electron chi connectivity index (χ4n) is 2.34. The fourth-order valence-corrected chi connectivity index (χ4v) is 2.34. The minimum Gasteiger partial charge on any atom is -0.452 e. The van der Waals surface area contributed by atoms with Gasteiger partial charge in [-0.15, -0.1) is 0 Å². The lowest BCUT2D eigenvalue weighted by atomic mass is 10.0. The number of hydrogen-bond donors (Lipinski definition) is 0. The zero-order valence-electron chi connectivity index (χ0n) is 11.2. The number of para-hydroxylation sites is 2. The van der Waals surface area contributed by atoms with E-state index in [0.29, 0.717) is 11.1 Å². The first-order valence-electron chi connectivity index (χ1n) is 6.36. The van der Waals surface area contributed by atoms with E-state index >= 15 is 0 Å². The van der Waals surface area contributed by atoms with Crippen LogP contribution in [-0.4, -0.2) is 10.7 Å². The van der Waals surface area contributed by atoms with Crippen LogP contribution in [0, 0.1) is 17.0 Å². The van der Waals surface area contributed by atoms with Crippen molar-refractivity contribution in [2.75, 3.05) is 0 Å². The summed E-state index contributed by atoms with van der Waals surface area (Å²) >= 11 is 0. The maximum Gasteiger partial charge on any atom is 0.280 e. The van der Waals surface area contributed by atoms with E-state index in [1.54, 1.807) is 19.1 Å².